The van der Waals surface area contributed by atoms with Crippen LogP contribution in [0.5, 0.6) is 5.75 Å². The first-order chi connectivity index (χ1) is 15.9. The van der Waals surface area contributed by atoms with Crippen molar-refractivity contribution in [2.75, 3.05) is 7.11 Å². The van der Waals surface area contributed by atoms with Gasteiger partial charge in [-0.1, -0.05) is 18.2 Å². The van der Waals surface area contributed by atoms with Crippen LogP contribution in [0.4, 0.5) is 4.39 Å². The largest absolute Gasteiger partial charge is 0.496 e. The number of nitrogens with zero attached hydrogens (tertiary/aromatic N) is 2. The lowest BCUT2D eigenvalue weighted by Crippen LogP contribution is -2.36. The van der Waals surface area contributed by atoms with Gasteiger partial charge in [0, 0.05) is 40.5 Å². The van der Waals surface area contributed by atoms with E-state index < -0.39 is 17.1 Å². The van der Waals surface area contributed by atoms with Crippen LogP contribution in [0.2, 0.25) is 0 Å². The van der Waals surface area contributed by atoms with E-state index in [1.807, 2.05) is 36.5 Å². The van der Waals surface area contributed by atoms with Crippen LogP contribution in [0.15, 0.2) is 64.4 Å². The summed E-state index contributed by atoms with van der Waals surface area (Å²) in [5, 5.41) is 0.941. The Hall–Kier alpha value is -4.20. The summed E-state index contributed by atoms with van der Waals surface area (Å²) in [6, 6.07) is 12.1. The number of nitrogens with one attached hydrogen (secondary N) is 2. The number of rotatable bonds is 4. The molecule has 3 aromatic heterocycles. The highest BCUT2D eigenvalue weighted by molar-refractivity contribution is 5.97. The zero-order valence-corrected chi connectivity index (χ0v) is 18.3. The van der Waals surface area contributed by atoms with Gasteiger partial charge in [-0.15, -0.1) is 0 Å². The molecule has 0 unspecified atom stereocenters. The van der Waals surface area contributed by atoms with Crippen LogP contribution in [0.3, 0.4) is 0 Å². The Morgan fingerprint density at radius 2 is 1.79 bits per heavy atom. The van der Waals surface area contributed by atoms with Crippen molar-refractivity contribution in [3.63, 3.8) is 0 Å². The van der Waals surface area contributed by atoms with Gasteiger partial charge in [0.15, 0.2) is 0 Å². The standard InChI is InChI=1S/C25H21FN4O3/c1-13(2)30-24(31)18-8-14(10-20(26)22(18)29-25(30)32)15-9-17-19(12-28-23(17)27-11-15)16-6-4-5-7-21(16)33-3/h4-13H,1-3H3,(H,27,28)(H,29,32). The van der Waals surface area contributed by atoms with Gasteiger partial charge in [-0.25, -0.2) is 14.2 Å². The molecule has 33 heavy (non-hydrogen) atoms. The van der Waals surface area contributed by atoms with Crippen molar-refractivity contribution in [2.45, 2.75) is 19.9 Å². The number of hydrogen-bond acceptors (Lipinski definition) is 4. The summed E-state index contributed by atoms with van der Waals surface area (Å²) < 4.78 is 21.5. The minimum absolute atomic E-state index is 0.101. The van der Waals surface area contributed by atoms with Gasteiger partial charge in [-0.3, -0.25) is 9.36 Å². The third-order valence-corrected chi connectivity index (χ3v) is 5.77. The number of para-hydroxylation sites is 1. The number of pyridine rings is 1. The maximum Gasteiger partial charge on any atom is 0.329 e. The number of halogens is 1. The minimum Gasteiger partial charge on any atom is -0.496 e. The molecule has 7 nitrogen and oxygen atoms in total. The third kappa shape index (κ3) is 3.31. The number of H-pyrrole nitrogens is 2. The lowest BCUT2D eigenvalue weighted by molar-refractivity contribution is 0.416. The van der Waals surface area contributed by atoms with Gasteiger partial charge in [-0.2, -0.15) is 0 Å². The Bertz CT molecular complexity index is 1650. The molecule has 0 radical (unpaired) electrons. The average molecular weight is 444 g/mol. The Morgan fingerprint density at radius 1 is 1.03 bits per heavy atom. The molecule has 0 aliphatic heterocycles. The molecular weight excluding hydrogens is 423 g/mol. The first kappa shape index (κ1) is 20.7. The average Bonchev–Trinajstić information content (AvgIpc) is 3.22. The molecule has 0 saturated heterocycles. The summed E-state index contributed by atoms with van der Waals surface area (Å²) in [6.45, 7) is 3.46. The number of aromatic nitrogens is 4. The van der Waals surface area contributed by atoms with Gasteiger partial charge in [-0.05, 0) is 43.7 Å². The van der Waals surface area contributed by atoms with Crippen molar-refractivity contribution in [1.29, 1.82) is 0 Å². The first-order valence-corrected chi connectivity index (χ1v) is 10.5. The molecule has 166 valence electrons. The van der Waals surface area contributed by atoms with E-state index in [0.29, 0.717) is 16.8 Å². The predicted molar refractivity (Wildman–Crippen MR) is 126 cm³/mol. The van der Waals surface area contributed by atoms with Gasteiger partial charge in [0.25, 0.3) is 5.56 Å². The summed E-state index contributed by atoms with van der Waals surface area (Å²) >= 11 is 0. The normalized spacial score (nSPS) is 11.5. The Kier molecular flexibility index (Phi) is 4.85. The van der Waals surface area contributed by atoms with E-state index in [2.05, 4.69) is 15.0 Å². The highest BCUT2D eigenvalue weighted by Crippen LogP contribution is 2.36. The summed E-state index contributed by atoms with van der Waals surface area (Å²) in [6.07, 6.45) is 3.48. The van der Waals surface area contributed by atoms with E-state index in [9.17, 15) is 14.0 Å². The molecule has 3 heterocycles. The monoisotopic (exact) mass is 444 g/mol. The Labute approximate surface area is 187 Å². The molecule has 2 N–H and O–H groups in total. The summed E-state index contributed by atoms with van der Waals surface area (Å²) in [5.41, 5.74) is 2.32. The lowest BCUT2D eigenvalue weighted by atomic mass is 10.0. The van der Waals surface area contributed by atoms with Crippen LogP contribution >= 0.6 is 0 Å². The summed E-state index contributed by atoms with van der Waals surface area (Å²) in [7, 11) is 1.61. The molecule has 0 fully saturated rings. The second-order valence-electron chi connectivity index (χ2n) is 8.10. The van der Waals surface area contributed by atoms with Gasteiger partial charge in [0.2, 0.25) is 0 Å². The molecule has 2 aromatic carbocycles. The van der Waals surface area contributed by atoms with Crippen molar-refractivity contribution in [1.82, 2.24) is 19.5 Å². The maximum atomic E-state index is 15.0. The molecule has 5 aromatic rings. The fraction of sp³-hybridized carbons (Fsp3) is 0.160. The molecule has 0 bridgehead atoms. The van der Waals surface area contributed by atoms with Crippen LogP contribution in [0.1, 0.15) is 19.9 Å². The van der Waals surface area contributed by atoms with Gasteiger partial charge < -0.3 is 14.7 Å². The zero-order chi connectivity index (χ0) is 23.3. The van der Waals surface area contributed by atoms with Crippen molar-refractivity contribution < 1.29 is 9.13 Å². The zero-order valence-electron chi connectivity index (χ0n) is 18.3. The summed E-state index contributed by atoms with van der Waals surface area (Å²) in [4.78, 5) is 35.4. The number of aromatic amines is 2. The highest BCUT2D eigenvalue weighted by Gasteiger charge is 2.17. The first-order valence-electron chi connectivity index (χ1n) is 10.5. The molecule has 8 heteroatoms. The van der Waals surface area contributed by atoms with Crippen LogP contribution in [0.25, 0.3) is 44.2 Å². The van der Waals surface area contributed by atoms with Crippen molar-refractivity contribution in [3.8, 4) is 28.0 Å². The topological polar surface area (TPSA) is 92.8 Å². The maximum absolute atomic E-state index is 15.0. The molecule has 0 saturated carbocycles. The van der Waals surface area contributed by atoms with E-state index in [1.165, 1.54) is 6.07 Å². The molecular formula is C25H21FN4O3. The van der Waals surface area contributed by atoms with Crippen LogP contribution in [-0.4, -0.2) is 26.6 Å². The minimum atomic E-state index is -0.674. The van der Waals surface area contributed by atoms with Gasteiger partial charge in [0.05, 0.1) is 18.0 Å². The molecule has 0 aliphatic carbocycles. The molecule has 0 amide bonds. The predicted octanol–water partition coefficient (Wildman–Crippen LogP) is 4.63. The van der Waals surface area contributed by atoms with Gasteiger partial charge in [0.1, 0.15) is 17.2 Å². The number of hydrogen-bond donors (Lipinski definition) is 2. The van der Waals surface area contributed by atoms with Crippen LogP contribution in [0, 0.1) is 5.82 Å². The Morgan fingerprint density at radius 3 is 2.55 bits per heavy atom. The van der Waals surface area contributed by atoms with Crippen molar-refractivity contribution in [2.24, 2.45) is 0 Å². The number of ether oxygens (including phenoxy) is 1. The van der Waals surface area contributed by atoms with E-state index >= 15 is 0 Å². The van der Waals surface area contributed by atoms with E-state index in [1.54, 1.807) is 33.2 Å². The fourth-order valence-corrected chi connectivity index (χ4v) is 4.18. The highest BCUT2D eigenvalue weighted by atomic mass is 19.1. The molecule has 0 atom stereocenters. The molecule has 5 rings (SSSR count). The SMILES string of the molecule is COc1ccccc1-c1c[nH]c2ncc(-c3cc(F)c4[nH]c(=O)n(C(C)C)c(=O)c4c3)cc12. The quantitative estimate of drug-likeness (QED) is 0.423. The number of benzene rings is 2. The van der Waals surface area contributed by atoms with E-state index in [4.69, 9.17) is 4.74 Å². The number of fused-ring (bicyclic) bond motifs is 2. The van der Waals surface area contributed by atoms with E-state index in [-0.39, 0.29) is 16.9 Å². The summed E-state index contributed by atoms with van der Waals surface area (Å²) in [5.74, 6) is 0.0467. The van der Waals surface area contributed by atoms with E-state index in [0.717, 1.165) is 26.8 Å². The smallest absolute Gasteiger partial charge is 0.329 e. The van der Waals surface area contributed by atoms with Crippen LogP contribution < -0.4 is 16.0 Å². The lowest BCUT2D eigenvalue weighted by Gasteiger charge is -2.11. The molecule has 0 spiro atoms. The third-order valence-electron chi connectivity index (χ3n) is 5.77. The number of methoxy groups -OCH3 is 1. The second-order valence-corrected chi connectivity index (χ2v) is 8.10. The van der Waals surface area contributed by atoms with Gasteiger partial charge >= 0.3 is 5.69 Å². The molecule has 0 aliphatic rings. The Balaban J connectivity index is 1.73. The van der Waals surface area contributed by atoms with Crippen molar-refractivity contribution >= 4 is 21.9 Å². The fourth-order valence-electron chi connectivity index (χ4n) is 4.18. The van der Waals surface area contributed by atoms with Crippen molar-refractivity contribution in [3.05, 3.63) is 81.5 Å². The second kappa shape index (κ2) is 7.74. The van der Waals surface area contributed by atoms with Crippen LogP contribution in [-0.2, 0) is 0 Å².